The first-order chi connectivity index (χ1) is 17.3. The molecular formula is C22H41N7O7S. The van der Waals surface area contributed by atoms with E-state index in [-0.39, 0.29) is 31.8 Å². The van der Waals surface area contributed by atoms with Crippen LogP contribution < -0.4 is 33.2 Å². The summed E-state index contributed by atoms with van der Waals surface area (Å²) < 4.78 is 0. The Balaban J connectivity index is 5.48. The van der Waals surface area contributed by atoms with Crippen molar-refractivity contribution in [3.05, 3.63) is 0 Å². The summed E-state index contributed by atoms with van der Waals surface area (Å²) in [6.07, 6.45) is 2.49. The first kappa shape index (κ1) is 33.9. The quantitative estimate of drug-likeness (QED) is 0.0528. The van der Waals surface area contributed by atoms with Gasteiger partial charge in [-0.1, -0.05) is 20.3 Å². The van der Waals surface area contributed by atoms with E-state index in [2.05, 4.69) is 20.9 Å². The Labute approximate surface area is 220 Å². The van der Waals surface area contributed by atoms with Gasteiger partial charge in [0.2, 0.25) is 17.7 Å². The van der Waals surface area contributed by atoms with E-state index >= 15 is 0 Å². The average molecular weight is 548 g/mol. The summed E-state index contributed by atoms with van der Waals surface area (Å²) in [5.74, 6) is -4.54. The summed E-state index contributed by atoms with van der Waals surface area (Å²) in [5, 5.41) is 26.0. The van der Waals surface area contributed by atoms with Gasteiger partial charge < -0.3 is 43.4 Å². The molecule has 5 unspecified atom stereocenters. The zero-order valence-electron chi connectivity index (χ0n) is 21.6. The Bertz CT molecular complexity index is 808. The van der Waals surface area contributed by atoms with Gasteiger partial charge in [0.1, 0.15) is 18.1 Å². The van der Waals surface area contributed by atoms with Crippen molar-refractivity contribution in [3.8, 4) is 0 Å². The molecule has 0 aliphatic heterocycles. The number of carbonyl (C=O) groups is 5. The maximum absolute atomic E-state index is 13.0. The third-order valence-corrected chi connectivity index (χ3v) is 6.25. The largest absolute Gasteiger partial charge is 0.481 e. The van der Waals surface area contributed by atoms with Crippen LogP contribution in [0.2, 0.25) is 0 Å². The molecule has 14 nitrogen and oxygen atoms in total. The average Bonchev–Trinajstić information content (AvgIpc) is 2.83. The topological polar surface area (TPSA) is 252 Å². The summed E-state index contributed by atoms with van der Waals surface area (Å²) >= 11 is 1.44. The van der Waals surface area contributed by atoms with Crippen LogP contribution in [-0.4, -0.2) is 88.6 Å². The van der Waals surface area contributed by atoms with Crippen LogP contribution in [0.3, 0.4) is 0 Å². The molecule has 0 bridgehead atoms. The van der Waals surface area contributed by atoms with Gasteiger partial charge in [0.25, 0.3) is 0 Å². The van der Waals surface area contributed by atoms with Gasteiger partial charge in [-0.05, 0) is 43.6 Å². The summed E-state index contributed by atoms with van der Waals surface area (Å²) in [6, 6.07) is -4.52. The fourth-order valence-corrected chi connectivity index (χ4v) is 3.65. The van der Waals surface area contributed by atoms with Crippen molar-refractivity contribution >= 4 is 47.4 Å². The number of carbonyl (C=O) groups excluding carboxylic acids is 3. The number of nitrogens with two attached hydrogens (primary N) is 3. The number of carboxylic acid groups (broad SMARTS) is 2. The van der Waals surface area contributed by atoms with Crippen molar-refractivity contribution in [1.82, 2.24) is 16.0 Å². The molecule has 0 aliphatic rings. The van der Waals surface area contributed by atoms with E-state index in [1.807, 2.05) is 6.26 Å². The minimum atomic E-state index is -1.32. The Hall–Kier alpha value is -3.07. The number of rotatable bonds is 19. The van der Waals surface area contributed by atoms with Gasteiger partial charge >= 0.3 is 11.9 Å². The monoisotopic (exact) mass is 547 g/mol. The highest BCUT2D eigenvalue weighted by atomic mass is 32.2. The molecular weight excluding hydrogens is 506 g/mol. The second kappa shape index (κ2) is 18.2. The molecule has 0 aromatic carbocycles. The zero-order valence-corrected chi connectivity index (χ0v) is 22.4. The molecule has 0 fully saturated rings. The number of carboxylic acids is 2. The summed E-state index contributed by atoms with van der Waals surface area (Å²) in [5.41, 5.74) is 16.4. The number of hydrogen-bond acceptors (Lipinski definition) is 8. The fourth-order valence-electron chi connectivity index (χ4n) is 3.18. The molecule has 11 N–H and O–H groups in total. The van der Waals surface area contributed by atoms with Crippen LogP contribution in [0.25, 0.3) is 0 Å². The SMILES string of the molecule is CCC(C)C(NC(=O)C(CCC(=O)O)NC(=O)C(CCSC)NC(=O)C(N)CCCN=C(N)N)C(=O)O. The highest BCUT2D eigenvalue weighted by Crippen LogP contribution is 2.10. The lowest BCUT2D eigenvalue weighted by atomic mass is 9.98. The molecule has 212 valence electrons. The first-order valence-electron chi connectivity index (χ1n) is 12.0. The van der Waals surface area contributed by atoms with Gasteiger partial charge in [0.05, 0.1) is 6.04 Å². The van der Waals surface area contributed by atoms with E-state index in [1.54, 1.807) is 13.8 Å². The predicted octanol–water partition coefficient (Wildman–Crippen LogP) is -1.43. The number of thioether (sulfide) groups is 1. The highest BCUT2D eigenvalue weighted by molar-refractivity contribution is 7.98. The predicted molar refractivity (Wildman–Crippen MR) is 141 cm³/mol. The van der Waals surface area contributed by atoms with Crippen LogP contribution in [0, 0.1) is 5.92 Å². The van der Waals surface area contributed by atoms with Crippen molar-refractivity contribution in [2.75, 3.05) is 18.6 Å². The van der Waals surface area contributed by atoms with Gasteiger partial charge in [-0.15, -0.1) is 0 Å². The molecule has 0 aliphatic carbocycles. The molecule has 0 aromatic rings. The Kier molecular flexibility index (Phi) is 16.7. The van der Waals surface area contributed by atoms with Crippen molar-refractivity contribution in [2.24, 2.45) is 28.1 Å². The smallest absolute Gasteiger partial charge is 0.326 e. The summed E-state index contributed by atoms with van der Waals surface area (Å²) in [7, 11) is 0. The number of aliphatic imine (C=N–C) groups is 1. The van der Waals surface area contributed by atoms with Crippen LogP contribution in [-0.2, 0) is 24.0 Å². The molecule has 15 heteroatoms. The molecule has 0 heterocycles. The van der Waals surface area contributed by atoms with E-state index in [0.717, 1.165) is 0 Å². The third kappa shape index (κ3) is 14.3. The molecule has 0 rings (SSSR count). The Morgan fingerprint density at radius 3 is 2.00 bits per heavy atom. The van der Waals surface area contributed by atoms with Gasteiger partial charge in [-0.3, -0.25) is 24.2 Å². The van der Waals surface area contributed by atoms with E-state index < -0.39 is 66.2 Å². The Morgan fingerprint density at radius 2 is 1.49 bits per heavy atom. The van der Waals surface area contributed by atoms with E-state index in [9.17, 15) is 29.1 Å². The number of nitrogens with one attached hydrogen (secondary N) is 3. The van der Waals surface area contributed by atoms with Crippen LogP contribution in [0.1, 0.15) is 52.4 Å². The van der Waals surface area contributed by atoms with Crippen LogP contribution in [0.5, 0.6) is 0 Å². The second-order valence-corrected chi connectivity index (χ2v) is 9.59. The van der Waals surface area contributed by atoms with Crippen LogP contribution >= 0.6 is 11.8 Å². The Morgan fingerprint density at radius 1 is 0.919 bits per heavy atom. The summed E-state index contributed by atoms with van der Waals surface area (Å²) in [6.45, 7) is 3.70. The number of aliphatic carboxylic acids is 2. The summed E-state index contributed by atoms with van der Waals surface area (Å²) in [4.78, 5) is 65.0. The van der Waals surface area contributed by atoms with Gasteiger partial charge in [0.15, 0.2) is 5.96 Å². The lowest BCUT2D eigenvalue weighted by molar-refractivity contribution is -0.144. The minimum absolute atomic E-state index is 0.0767. The van der Waals surface area contributed by atoms with Crippen LogP contribution in [0.15, 0.2) is 4.99 Å². The molecule has 0 radical (unpaired) electrons. The number of amides is 3. The fraction of sp³-hybridized carbons (Fsp3) is 0.727. The lowest BCUT2D eigenvalue weighted by Gasteiger charge is -2.26. The lowest BCUT2D eigenvalue weighted by Crippen LogP contribution is -2.57. The second-order valence-electron chi connectivity index (χ2n) is 8.60. The number of guanidine groups is 1. The van der Waals surface area contributed by atoms with Crippen molar-refractivity contribution < 1.29 is 34.2 Å². The van der Waals surface area contributed by atoms with Gasteiger partial charge in [-0.25, -0.2) is 4.79 Å². The minimum Gasteiger partial charge on any atom is -0.481 e. The standard InChI is InChI=1S/C22H41N7O7S/c1-4-12(2)17(21(35)36)29-20(34)14(7-8-16(30)31)28-19(33)15(9-11-37-3)27-18(32)13(23)6-5-10-26-22(24)25/h12-15,17H,4-11,23H2,1-3H3,(H,27,32)(H,28,33)(H,29,34)(H,30,31)(H,35,36)(H4,24,25,26). The van der Waals surface area contributed by atoms with E-state index in [1.165, 1.54) is 11.8 Å². The molecule has 0 saturated carbocycles. The molecule has 3 amide bonds. The number of hydrogen-bond donors (Lipinski definition) is 8. The van der Waals surface area contributed by atoms with Gasteiger partial charge in [-0.2, -0.15) is 11.8 Å². The van der Waals surface area contributed by atoms with E-state index in [4.69, 9.17) is 22.3 Å². The molecule has 37 heavy (non-hydrogen) atoms. The maximum atomic E-state index is 13.0. The third-order valence-electron chi connectivity index (χ3n) is 5.60. The normalized spacial score (nSPS) is 14.8. The maximum Gasteiger partial charge on any atom is 0.326 e. The molecule has 0 spiro atoms. The van der Waals surface area contributed by atoms with Crippen molar-refractivity contribution in [2.45, 2.75) is 76.5 Å². The molecule has 5 atom stereocenters. The number of nitrogens with zero attached hydrogens (tertiary/aromatic N) is 1. The van der Waals surface area contributed by atoms with Crippen molar-refractivity contribution in [3.63, 3.8) is 0 Å². The molecule has 0 saturated heterocycles. The first-order valence-corrected chi connectivity index (χ1v) is 13.4. The zero-order chi connectivity index (χ0) is 28.5. The van der Waals surface area contributed by atoms with E-state index in [0.29, 0.717) is 18.6 Å². The highest BCUT2D eigenvalue weighted by Gasteiger charge is 2.32. The molecule has 0 aromatic heterocycles. The van der Waals surface area contributed by atoms with Gasteiger partial charge in [0, 0.05) is 13.0 Å². The van der Waals surface area contributed by atoms with Crippen LogP contribution in [0.4, 0.5) is 0 Å². The van der Waals surface area contributed by atoms with Crippen molar-refractivity contribution in [1.29, 1.82) is 0 Å².